The number of nitro benzene ring substituents is 1. The molecular weight excluding hydrogens is 484 g/mol. The number of halogens is 2. The van der Waals surface area contributed by atoms with Crippen molar-refractivity contribution in [2.24, 2.45) is 5.41 Å². The number of non-ortho nitro benzene ring substituents is 1. The minimum Gasteiger partial charge on any atom is -0.460 e. The van der Waals surface area contributed by atoms with Gasteiger partial charge < -0.3 is 19.5 Å². The summed E-state index contributed by atoms with van der Waals surface area (Å²) in [5.74, 6) is -2.48. The Kier molecular flexibility index (Phi) is 5.54. The monoisotopic (exact) mass is 511 g/mol. The van der Waals surface area contributed by atoms with Crippen molar-refractivity contribution in [2.45, 2.75) is 44.4 Å². The second-order valence-electron chi connectivity index (χ2n) is 10.4. The number of benzene rings is 1. The highest BCUT2D eigenvalue weighted by atomic mass is 19.3. The molecule has 1 aromatic carbocycles. The molecule has 11 heteroatoms. The van der Waals surface area contributed by atoms with Crippen LogP contribution in [0.25, 0.3) is 11.0 Å². The maximum absolute atomic E-state index is 13.7. The molecule has 0 bridgehead atoms. The number of anilines is 3. The zero-order chi connectivity index (χ0) is 25.8. The average Bonchev–Trinajstić information content (AvgIpc) is 3.45. The van der Waals surface area contributed by atoms with Gasteiger partial charge >= 0.3 is 0 Å². The number of nitrogens with zero attached hydrogens (tertiary/aromatic N) is 4. The fourth-order valence-corrected chi connectivity index (χ4v) is 5.45. The van der Waals surface area contributed by atoms with Crippen LogP contribution in [0.2, 0.25) is 0 Å². The molecule has 1 N–H and O–H groups in total. The van der Waals surface area contributed by atoms with Crippen molar-refractivity contribution < 1.29 is 22.9 Å². The SMILES string of the molecule is O=C(Nc1cc2ccoc2c(N2CCC(F)(F)CC2)n1)c1ccc([N+](=O)[O-])cc1N1CCC2(CC1)CC2. The number of carbonyl (C=O) groups excluding carboxylic acids is 1. The summed E-state index contributed by atoms with van der Waals surface area (Å²) in [5.41, 5.74) is 1.68. The molecule has 2 aromatic heterocycles. The lowest BCUT2D eigenvalue weighted by Gasteiger charge is -2.34. The summed E-state index contributed by atoms with van der Waals surface area (Å²) in [6.07, 6.45) is 5.40. The van der Waals surface area contributed by atoms with Crippen LogP contribution in [-0.2, 0) is 0 Å². The summed E-state index contributed by atoms with van der Waals surface area (Å²) >= 11 is 0. The Hall–Kier alpha value is -3.76. The zero-order valence-corrected chi connectivity index (χ0v) is 20.2. The summed E-state index contributed by atoms with van der Waals surface area (Å²) in [6, 6.07) is 7.67. The van der Waals surface area contributed by atoms with Gasteiger partial charge in [-0.15, -0.1) is 0 Å². The van der Waals surface area contributed by atoms with Gasteiger partial charge in [-0.1, -0.05) is 0 Å². The normalized spacial score (nSPS) is 20.3. The van der Waals surface area contributed by atoms with E-state index in [4.69, 9.17) is 4.42 Å². The summed E-state index contributed by atoms with van der Waals surface area (Å²) in [7, 11) is 0. The lowest BCUT2D eigenvalue weighted by atomic mass is 9.93. The van der Waals surface area contributed by atoms with Crippen LogP contribution in [0, 0.1) is 15.5 Å². The number of hydrogen-bond acceptors (Lipinski definition) is 7. The van der Waals surface area contributed by atoms with Crippen molar-refractivity contribution in [2.75, 3.05) is 41.3 Å². The Bertz CT molecular complexity index is 1370. The molecule has 1 spiro atoms. The molecule has 0 radical (unpaired) electrons. The number of rotatable bonds is 5. The predicted molar refractivity (Wildman–Crippen MR) is 135 cm³/mol. The first-order chi connectivity index (χ1) is 17.7. The van der Waals surface area contributed by atoms with E-state index in [0.717, 1.165) is 25.9 Å². The van der Waals surface area contributed by atoms with Gasteiger partial charge in [-0.05, 0) is 49.3 Å². The molecule has 2 aliphatic heterocycles. The van der Waals surface area contributed by atoms with E-state index < -0.39 is 16.8 Å². The van der Waals surface area contributed by atoms with Crippen molar-refractivity contribution in [3.63, 3.8) is 0 Å². The summed E-state index contributed by atoms with van der Waals surface area (Å²) in [6.45, 7) is 1.72. The fraction of sp³-hybridized carbons (Fsp3) is 0.462. The Morgan fingerprint density at radius 2 is 1.70 bits per heavy atom. The van der Waals surface area contributed by atoms with E-state index in [2.05, 4.69) is 15.2 Å². The van der Waals surface area contributed by atoms with E-state index in [0.29, 0.717) is 33.5 Å². The van der Waals surface area contributed by atoms with E-state index in [-0.39, 0.29) is 37.4 Å². The molecule has 1 saturated carbocycles. The third-order valence-corrected chi connectivity index (χ3v) is 8.01. The minimum atomic E-state index is -2.70. The van der Waals surface area contributed by atoms with Crippen LogP contribution in [0.15, 0.2) is 41.0 Å². The number of nitrogens with one attached hydrogen (secondary N) is 1. The van der Waals surface area contributed by atoms with Gasteiger partial charge in [-0.2, -0.15) is 0 Å². The maximum atomic E-state index is 13.7. The number of amides is 1. The number of carbonyl (C=O) groups is 1. The third kappa shape index (κ3) is 4.58. The van der Waals surface area contributed by atoms with Gasteiger partial charge in [-0.3, -0.25) is 14.9 Å². The van der Waals surface area contributed by atoms with Crippen molar-refractivity contribution >= 4 is 39.9 Å². The Morgan fingerprint density at radius 1 is 1.00 bits per heavy atom. The minimum absolute atomic E-state index is 0.0691. The Morgan fingerprint density at radius 3 is 2.38 bits per heavy atom. The number of nitro groups is 1. The number of hydrogen-bond donors (Lipinski definition) is 1. The van der Waals surface area contributed by atoms with Gasteiger partial charge in [0.25, 0.3) is 17.5 Å². The fourth-order valence-electron chi connectivity index (χ4n) is 5.45. The van der Waals surface area contributed by atoms with E-state index in [1.165, 1.54) is 37.3 Å². The summed E-state index contributed by atoms with van der Waals surface area (Å²) in [5, 5.41) is 15.0. The number of pyridine rings is 1. The van der Waals surface area contributed by atoms with Crippen molar-refractivity contribution in [3.05, 3.63) is 52.3 Å². The zero-order valence-electron chi connectivity index (χ0n) is 20.2. The largest absolute Gasteiger partial charge is 0.460 e. The quantitative estimate of drug-likeness (QED) is 0.351. The molecule has 2 saturated heterocycles. The van der Waals surface area contributed by atoms with E-state index in [9.17, 15) is 23.7 Å². The molecule has 0 unspecified atom stereocenters. The highest BCUT2D eigenvalue weighted by molar-refractivity contribution is 6.09. The van der Waals surface area contributed by atoms with Gasteiger partial charge in [0.05, 0.1) is 22.4 Å². The van der Waals surface area contributed by atoms with Gasteiger partial charge in [0.15, 0.2) is 11.4 Å². The van der Waals surface area contributed by atoms with Crippen LogP contribution < -0.4 is 15.1 Å². The first kappa shape index (κ1) is 23.6. The molecule has 9 nitrogen and oxygen atoms in total. The third-order valence-electron chi connectivity index (χ3n) is 8.01. The number of aromatic nitrogens is 1. The Labute approximate surface area is 211 Å². The molecule has 1 amide bonds. The molecule has 3 fully saturated rings. The highest BCUT2D eigenvalue weighted by Gasteiger charge is 2.44. The van der Waals surface area contributed by atoms with Gasteiger partial charge in [0.2, 0.25) is 0 Å². The van der Waals surface area contributed by atoms with E-state index in [1.54, 1.807) is 17.0 Å². The molecule has 3 aliphatic rings. The number of fused-ring (bicyclic) bond motifs is 1. The van der Waals surface area contributed by atoms with Crippen LogP contribution in [0.1, 0.15) is 48.9 Å². The molecular formula is C26H27F2N5O4. The van der Waals surface area contributed by atoms with Crippen LogP contribution in [0.4, 0.5) is 31.8 Å². The van der Waals surface area contributed by atoms with Crippen LogP contribution in [-0.4, -0.2) is 47.9 Å². The molecule has 3 aromatic rings. The Balaban J connectivity index is 1.29. The van der Waals surface area contributed by atoms with Crippen molar-refractivity contribution in [1.29, 1.82) is 0 Å². The van der Waals surface area contributed by atoms with E-state index in [1.807, 2.05) is 0 Å². The first-order valence-corrected chi connectivity index (χ1v) is 12.6. The van der Waals surface area contributed by atoms with Crippen molar-refractivity contribution in [3.8, 4) is 0 Å². The lowest BCUT2D eigenvalue weighted by Crippen LogP contribution is -2.39. The second kappa shape index (κ2) is 8.67. The summed E-state index contributed by atoms with van der Waals surface area (Å²) < 4.78 is 33.0. The molecule has 4 heterocycles. The topological polar surface area (TPSA) is 105 Å². The molecule has 0 atom stereocenters. The second-order valence-corrected chi connectivity index (χ2v) is 10.4. The smallest absolute Gasteiger partial charge is 0.271 e. The average molecular weight is 512 g/mol. The first-order valence-electron chi connectivity index (χ1n) is 12.6. The van der Waals surface area contributed by atoms with Crippen LogP contribution in [0.3, 0.4) is 0 Å². The molecule has 194 valence electrons. The van der Waals surface area contributed by atoms with E-state index >= 15 is 0 Å². The maximum Gasteiger partial charge on any atom is 0.271 e. The van der Waals surface area contributed by atoms with Crippen LogP contribution in [0.5, 0.6) is 0 Å². The number of piperidine rings is 2. The standard InChI is InChI=1S/C26H27F2N5O4/c27-26(28)8-12-32(13-9-26)23-22-17(3-14-37-22)15-21(29-23)30-24(34)19-2-1-18(33(35)36)16-20(19)31-10-6-25(4-5-25)7-11-31/h1-3,14-16H,4-13H2,(H,29,30,34). The molecule has 6 rings (SSSR count). The van der Waals surface area contributed by atoms with Gasteiger partial charge in [0, 0.05) is 56.5 Å². The highest BCUT2D eigenvalue weighted by Crippen LogP contribution is 2.54. The number of furan rings is 1. The number of alkyl halides is 2. The van der Waals surface area contributed by atoms with Gasteiger partial charge in [0.1, 0.15) is 5.82 Å². The summed E-state index contributed by atoms with van der Waals surface area (Å²) in [4.78, 5) is 32.8. The van der Waals surface area contributed by atoms with Crippen molar-refractivity contribution in [1.82, 2.24) is 4.98 Å². The van der Waals surface area contributed by atoms with Gasteiger partial charge in [-0.25, -0.2) is 13.8 Å². The predicted octanol–water partition coefficient (Wildman–Crippen LogP) is 5.60. The van der Waals surface area contributed by atoms with Crippen LogP contribution >= 0.6 is 0 Å². The molecule has 1 aliphatic carbocycles. The molecule has 37 heavy (non-hydrogen) atoms. The lowest BCUT2D eigenvalue weighted by molar-refractivity contribution is -0.384.